The van der Waals surface area contributed by atoms with E-state index in [1.54, 1.807) is 24.5 Å². The van der Waals surface area contributed by atoms with Gasteiger partial charge in [0.25, 0.3) is 0 Å². The highest BCUT2D eigenvalue weighted by Crippen LogP contribution is 2.44. The standard InChI is InChI=1S/C15H20O4S2/c1-20-13-11(7-6-8-12(13)21(2,18)19)15(14(16)17)9-4-3-5-10-15/h6-8H,3-5,9-10H2,1-2H3,(H,16,17). The maximum absolute atomic E-state index is 12.0. The summed E-state index contributed by atoms with van der Waals surface area (Å²) in [6.07, 6.45) is 6.88. The second-order valence-electron chi connectivity index (χ2n) is 5.56. The topological polar surface area (TPSA) is 71.4 Å². The number of aliphatic carboxylic acids is 1. The predicted molar refractivity (Wildman–Crippen MR) is 83.7 cm³/mol. The van der Waals surface area contributed by atoms with Crippen molar-refractivity contribution in [2.24, 2.45) is 0 Å². The highest BCUT2D eigenvalue weighted by molar-refractivity contribution is 7.99. The van der Waals surface area contributed by atoms with Crippen molar-refractivity contribution in [2.75, 3.05) is 12.5 Å². The van der Waals surface area contributed by atoms with Gasteiger partial charge in [0.05, 0.1) is 10.3 Å². The van der Waals surface area contributed by atoms with E-state index in [1.165, 1.54) is 18.0 Å². The number of carboxylic acids is 1. The van der Waals surface area contributed by atoms with Crippen LogP contribution >= 0.6 is 11.8 Å². The average molecular weight is 328 g/mol. The Balaban J connectivity index is 2.70. The summed E-state index contributed by atoms with van der Waals surface area (Å²) < 4.78 is 23.9. The van der Waals surface area contributed by atoms with Gasteiger partial charge in [0.15, 0.2) is 9.84 Å². The van der Waals surface area contributed by atoms with E-state index in [1.807, 2.05) is 0 Å². The van der Waals surface area contributed by atoms with Crippen molar-refractivity contribution in [3.63, 3.8) is 0 Å². The minimum Gasteiger partial charge on any atom is -0.481 e. The van der Waals surface area contributed by atoms with Gasteiger partial charge in [0.1, 0.15) is 0 Å². The number of benzene rings is 1. The fraction of sp³-hybridized carbons (Fsp3) is 0.533. The summed E-state index contributed by atoms with van der Waals surface area (Å²) in [7, 11) is -3.37. The molecule has 0 radical (unpaired) electrons. The van der Waals surface area contributed by atoms with Crippen molar-refractivity contribution < 1.29 is 18.3 Å². The molecule has 0 spiro atoms. The smallest absolute Gasteiger partial charge is 0.314 e. The van der Waals surface area contributed by atoms with Crippen molar-refractivity contribution in [2.45, 2.75) is 47.3 Å². The van der Waals surface area contributed by atoms with Crippen LogP contribution in [0.4, 0.5) is 0 Å². The lowest BCUT2D eigenvalue weighted by molar-refractivity contribution is -0.145. The average Bonchev–Trinajstić information content (AvgIpc) is 2.46. The predicted octanol–water partition coefficient (Wildman–Crippen LogP) is 3.10. The Kier molecular flexibility index (Phi) is 4.68. The Morgan fingerprint density at radius 2 is 1.86 bits per heavy atom. The molecule has 0 aliphatic heterocycles. The first kappa shape index (κ1) is 16.4. The molecular formula is C15H20O4S2. The molecule has 6 heteroatoms. The van der Waals surface area contributed by atoms with Gasteiger partial charge in [-0.25, -0.2) is 8.42 Å². The second kappa shape index (κ2) is 6.01. The minimum atomic E-state index is -3.37. The van der Waals surface area contributed by atoms with Gasteiger partial charge in [0, 0.05) is 11.2 Å². The molecule has 1 aliphatic rings. The number of hydrogen-bond donors (Lipinski definition) is 1. The van der Waals surface area contributed by atoms with E-state index in [0.29, 0.717) is 23.3 Å². The lowest BCUT2D eigenvalue weighted by Gasteiger charge is -2.35. The van der Waals surface area contributed by atoms with Crippen LogP contribution in [0.5, 0.6) is 0 Å². The van der Waals surface area contributed by atoms with Crippen LogP contribution in [0.3, 0.4) is 0 Å². The third kappa shape index (κ3) is 2.97. The molecule has 0 aromatic heterocycles. The molecule has 116 valence electrons. The number of hydrogen-bond acceptors (Lipinski definition) is 4. The van der Waals surface area contributed by atoms with Crippen LogP contribution in [0.2, 0.25) is 0 Å². The van der Waals surface area contributed by atoms with Crippen LogP contribution in [-0.2, 0) is 20.0 Å². The highest BCUT2D eigenvalue weighted by Gasteiger charge is 2.43. The number of thioether (sulfide) groups is 1. The molecule has 1 aliphatic carbocycles. The van der Waals surface area contributed by atoms with E-state index in [-0.39, 0.29) is 4.90 Å². The molecule has 1 saturated carbocycles. The van der Waals surface area contributed by atoms with Gasteiger partial charge in [-0.3, -0.25) is 4.79 Å². The first-order chi connectivity index (χ1) is 9.83. The molecule has 21 heavy (non-hydrogen) atoms. The normalized spacial score (nSPS) is 18.4. The molecule has 1 fully saturated rings. The van der Waals surface area contributed by atoms with Crippen LogP contribution in [-0.4, -0.2) is 32.0 Å². The van der Waals surface area contributed by atoms with Gasteiger partial charge in [-0.1, -0.05) is 31.4 Å². The van der Waals surface area contributed by atoms with E-state index in [9.17, 15) is 18.3 Å². The zero-order chi connectivity index (χ0) is 15.7. The summed E-state index contributed by atoms with van der Waals surface area (Å²) in [6, 6.07) is 4.99. The fourth-order valence-corrected chi connectivity index (χ4v) is 5.38. The van der Waals surface area contributed by atoms with E-state index < -0.39 is 21.2 Å². The highest BCUT2D eigenvalue weighted by atomic mass is 32.2. The SMILES string of the molecule is CSc1c(C2(C(=O)O)CCCCC2)cccc1S(C)(=O)=O. The molecule has 0 heterocycles. The van der Waals surface area contributed by atoms with Gasteiger partial charge in [-0.05, 0) is 30.7 Å². The van der Waals surface area contributed by atoms with Crippen LogP contribution < -0.4 is 0 Å². The Bertz CT molecular complexity index is 644. The van der Waals surface area contributed by atoms with Crippen LogP contribution in [0, 0.1) is 0 Å². The summed E-state index contributed by atoms with van der Waals surface area (Å²) in [5, 5.41) is 9.80. The summed E-state index contributed by atoms with van der Waals surface area (Å²) in [6.45, 7) is 0. The number of rotatable bonds is 4. The number of sulfone groups is 1. The molecule has 0 bridgehead atoms. The molecular weight excluding hydrogens is 308 g/mol. The monoisotopic (exact) mass is 328 g/mol. The molecule has 0 amide bonds. The van der Waals surface area contributed by atoms with Crippen molar-refractivity contribution in [3.05, 3.63) is 23.8 Å². The van der Waals surface area contributed by atoms with Crippen LogP contribution in [0.1, 0.15) is 37.7 Å². The van der Waals surface area contributed by atoms with E-state index in [2.05, 4.69) is 0 Å². The maximum atomic E-state index is 12.0. The van der Waals surface area contributed by atoms with Gasteiger partial charge in [-0.2, -0.15) is 0 Å². The van der Waals surface area contributed by atoms with Gasteiger partial charge in [0.2, 0.25) is 0 Å². The Morgan fingerprint density at radius 3 is 2.33 bits per heavy atom. The first-order valence-corrected chi connectivity index (χ1v) is 10.1. The third-order valence-corrected chi connectivity index (χ3v) is 6.33. The zero-order valence-electron chi connectivity index (χ0n) is 12.3. The van der Waals surface area contributed by atoms with Crippen molar-refractivity contribution in [1.82, 2.24) is 0 Å². The Hall–Kier alpha value is -1.01. The largest absolute Gasteiger partial charge is 0.481 e. The van der Waals surface area contributed by atoms with Gasteiger partial charge in [-0.15, -0.1) is 11.8 Å². The molecule has 1 N–H and O–H groups in total. The molecule has 2 rings (SSSR count). The van der Waals surface area contributed by atoms with E-state index in [0.717, 1.165) is 19.3 Å². The third-order valence-electron chi connectivity index (χ3n) is 4.21. The summed E-state index contributed by atoms with van der Waals surface area (Å²) in [4.78, 5) is 12.8. The minimum absolute atomic E-state index is 0.235. The first-order valence-electron chi connectivity index (χ1n) is 6.94. The number of carbonyl (C=O) groups is 1. The molecule has 0 unspecified atom stereocenters. The summed E-state index contributed by atoms with van der Waals surface area (Å²) >= 11 is 1.32. The van der Waals surface area contributed by atoms with Crippen LogP contribution in [0.15, 0.2) is 28.0 Å². The molecule has 0 saturated heterocycles. The van der Waals surface area contributed by atoms with E-state index >= 15 is 0 Å². The molecule has 1 aromatic carbocycles. The fourth-order valence-electron chi connectivity index (χ4n) is 3.15. The maximum Gasteiger partial charge on any atom is 0.314 e. The van der Waals surface area contributed by atoms with Crippen molar-refractivity contribution >= 4 is 27.6 Å². The van der Waals surface area contributed by atoms with Crippen molar-refractivity contribution in [1.29, 1.82) is 0 Å². The van der Waals surface area contributed by atoms with Gasteiger partial charge < -0.3 is 5.11 Å². The quantitative estimate of drug-likeness (QED) is 0.860. The molecule has 1 aromatic rings. The second-order valence-corrected chi connectivity index (χ2v) is 8.36. The van der Waals surface area contributed by atoms with Crippen LogP contribution in [0.25, 0.3) is 0 Å². The Labute approximate surface area is 129 Å². The van der Waals surface area contributed by atoms with Crippen molar-refractivity contribution in [3.8, 4) is 0 Å². The Morgan fingerprint density at radius 1 is 1.24 bits per heavy atom. The molecule has 4 nitrogen and oxygen atoms in total. The molecule has 0 atom stereocenters. The summed E-state index contributed by atoms with van der Waals surface area (Å²) in [5.74, 6) is -0.844. The van der Waals surface area contributed by atoms with Gasteiger partial charge >= 0.3 is 5.97 Å². The lowest BCUT2D eigenvalue weighted by Crippen LogP contribution is -2.38. The lowest BCUT2D eigenvalue weighted by atomic mass is 9.69. The summed E-state index contributed by atoms with van der Waals surface area (Å²) in [5.41, 5.74) is -0.290. The number of carboxylic acid groups (broad SMARTS) is 1. The zero-order valence-corrected chi connectivity index (χ0v) is 13.9. The van der Waals surface area contributed by atoms with E-state index in [4.69, 9.17) is 0 Å².